The van der Waals surface area contributed by atoms with Crippen LogP contribution in [-0.2, 0) is 4.74 Å². The van der Waals surface area contributed by atoms with Crippen LogP contribution >= 0.6 is 39.1 Å². The highest BCUT2D eigenvalue weighted by atomic mass is 79.9. The molecule has 1 amide bonds. The van der Waals surface area contributed by atoms with Gasteiger partial charge in [-0.3, -0.25) is 4.79 Å². The first-order valence-electron chi connectivity index (χ1n) is 6.30. The standard InChI is InChI=1S/C14H16BrCl2NO2/c1-14(2)8-18(7-10(6-16)20-14)13(19)11-4-3-9(17)5-12(11)15/h3-5,10H,6-8H2,1-2H3. The SMILES string of the molecule is CC1(C)CN(C(=O)c2ccc(Cl)cc2Br)CC(CCl)O1. The van der Waals surface area contributed by atoms with Gasteiger partial charge in [0.2, 0.25) is 0 Å². The first kappa shape index (κ1) is 16.1. The maximum absolute atomic E-state index is 12.6. The van der Waals surface area contributed by atoms with Crippen LogP contribution in [0.4, 0.5) is 0 Å². The van der Waals surface area contributed by atoms with Crippen molar-refractivity contribution in [2.45, 2.75) is 25.6 Å². The van der Waals surface area contributed by atoms with Crippen molar-refractivity contribution in [1.29, 1.82) is 0 Å². The molecule has 0 aliphatic carbocycles. The Morgan fingerprint density at radius 3 is 2.85 bits per heavy atom. The average Bonchev–Trinajstić information content (AvgIpc) is 2.36. The number of hydrogen-bond acceptors (Lipinski definition) is 2. The van der Waals surface area contributed by atoms with E-state index in [9.17, 15) is 4.79 Å². The number of carbonyl (C=O) groups is 1. The summed E-state index contributed by atoms with van der Waals surface area (Å²) in [6.45, 7) is 4.96. The Morgan fingerprint density at radius 1 is 1.55 bits per heavy atom. The number of hydrogen-bond donors (Lipinski definition) is 0. The molecule has 0 saturated carbocycles. The second kappa shape index (κ2) is 6.22. The number of rotatable bonds is 2. The zero-order valence-electron chi connectivity index (χ0n) is 11.3. The van der Waals surface area contributed by atoms with Gasteiger partial charge < -0.3 is 9.64 Å². The molecule has 1 aliphatic heterocycles. The van der Waals surface area contributed by atoms with Crippen LogP contribution in [0.25, 0.3) is 0 Å². The molecule has 1 atom stereocenters. The van der Waals surface area contributed by atoms with Crippen molar-refractivity contribution in [2.75, 3.05) is 19.0 Å². The molecule has 2 rings (SSSR count). The second-order valence-electron chi connectivity index (χ2n) is 5.46. The van der Waals surface area contributed by atoms with Gasteiger partial charge in [-0.2, -0.15) is 0 Å². The number of morpholine rings is 1. The molecule has 1 aromatic carbocycles. The molecule has 0 spiro atoms. The lowest BCUT2D eigenvalue weighted by atomic mass is 10.0. The van der Waals surface area contributed by atoms with Crippen molar-refractivity contribution in [1.82, 2.24) is 4.90 Å². The fourth-order valence-electron chi connectivity index (χ4n) is 2.36. The van der Waals surface area contributed by atoms with Crippen LogP contribution in [0.5, 0.6) is 0 Å². The smallest absolute Gasteiger partial charge is 0.255 e. The quantitative estimate of drug-likeness (QED) is 0.726. The predicted molar refractivity (Wildman–Crippen MR) is 84.7 cm³/mol. The average molecular weight is 381 g/mol. The van der Waals surface area contributed by atoms with Gasteiger partial charge in [0, 0.05) is 22.6 Å². The van der Waals surface area contributed by atoms with Crippen molar-refractivity contribution >= 4 is 45.0 Å². The third-order valence-corrected chi connectivity index (χ3v) is 4.34. The van der Waals surface area contributed by atoms with E-state index in [0.29, 0.717) is 34.0 Å². The van der Waals surface area contributed by atoms with Crippen LogP contribution in [0.15, 0.2) is 22.7 Å². The molecule has 1 heterocycles. The van der Waals surface area contributed by atoms with Crippen LogP contribution in [-0.4, -0.2) is 41.5 Å². The van der Waals surface area contributed by atoms with E-state index in [0.717, 1.165) is 0 Å². The highest BCUT2D eigenvalue weighted by Gasteiger charge is 2.35. The molecule has 110 valence electrons. The summed E-state index contributed by atoms with van der Waals surface area (Å²) in [5.41, 5.74) is 0.201. The Balaban J connectivity index is 2.23. The van der Waals surface area contributed by atoms with E-state index in [-0.39, 0.29) is 12.0 Å². The fourth-order valence-corrected chi connectivity index (χ4v) is 3.38. The van der Waals surface area contributed by atoms with Gasteiger partial charge in [-0.15, -0.1) is 11.6 Å². The first-order chi connectivity index (χ1) is 9.32. The topological polar surface area (TPSA) is 29.5 Å². The number of benzene rings is 1. The van der Waals surface area contributed by atoms with Crippen molar-refractivity contribution in [3.8, 4) is 0 Å². The summed E-state index contributed by atoms with van der Waals surface area (Å²) < 4.78 is 6.53. The predicted octanol–water partition coefficient (Wildman–Crippen LogP) is 3.96. The number of amides is 1. The van der Waals surface area contributed by atoms with Crippen molar-refractivity contribution in [3.05, 3.63) is 33.3 Å². The van der Waals surface area contributed by atoms with E-state index in [1.165, 1.54) is 0 Å². The van der Waals surface area contributed by atoms with E-state index in [1.807, 2.05) is 13.8 Å². The summed E-state index contributed by atoms with van der Waals surface area (Å²) in [6.07, 6.45) is -0.143. The van der Waals surface area contributed by atoms with Crippen molar-refractivity contribution in [3.63, 3.8) is 0 Å². The van der Waals surface area contributed by atoms with Crippen molar-refractivity contribution in [2.24, 2.45) is 0 Å². The molecule has 0 aromatic heterocycles. The zero-order chi connectivity index (χ0) is 14.9. The first-order valence-corrected chi connectivity index (χ1v) is 8.01. The second-order valence-corrected chi connectivity index (χ2v) is 7.06. The number of ether oxygens (including phenoxy) is 1. The molecule has 1 unspecified atom stereocenters. The van der Waals surface area contributed by atoms with Crippen LogP contribution in [0.3, 0.4) is 0 Å². The van der Waals surface area contributed by atoms with Crippen LogP contribution in [0.2, 0.25) is 5.02 Å². The number of alkyl halides is 1. The van der Waals surface area contributed by atoms with E-state index in [4.69, 9.17) is 27.9 Å². The fraction of sp³-hybridized carbons (Fsp3) is 0.500. The molecular weight excluding hydrogens is 365 g/mol. The monoisotopic (exact) mass is 379 g/mol. The Morgan fingerprint density at radius 2 is 2.25 bits per heavy atom. The third kappa shape index (κ3) is 3.67. The summed E-state index contributed by atoms with van der Waals surface area (Å²) in [5.74, 6) is 0.328. The Hall–Kier alpha value is -0.290. The Labute approximate surface area is 137 Å². The minimum Gasteiger partial charge on any atom is -0.367 e. The van der Waals surface area contributed by atoms with Gasteiger partial charge in [0.1, 0.15) is 0 Å². The molecular formula is C14H16BrCl2NO2. The van der Waals surface area contributed by atoms with E-state index < -0.39 is 5.60 Å². The molecule has 0 radical (unpaired) electrons. The molecule has 1 fully saturated rings. The van der Waals surface area contributed by atoms with Gasteiger partial charge in [-0.25, -0.2) is 0 Å². The van der Waals surface area contributed by atoms with Gasteiger partial charge in [-0.1, -0.05) is 11.6 Å². The number of halogens is 3. The highest BCUT2D eigenvalue weighted by Crippen LogP contribution is 2.27. The largest absolute Gasteiger partial charge is 0.367 e. The lowest BCUT2D eigenvalue weighted by Gasteiger charge is -2.42. The molecule has 3 nitrogen and oxygen atoms in total. The van der Waals surface area contributed by atoms with Gasteiger partial charge >= 0.3 is 0 Å². The summed E-state index contributed by atoms with van der Waals surface area (Å²) in [4.78, 5) is 14.4. The lowest BCUT2D eigenvalue weighted by Crippen LogP contribution is -2.55. The van der Waals surface area contributed by atoms with Crippen LogP contribution < -0.4 is 0 Å². The lowest BCUT2D eigenvalue weighted by molar-refractivity contribution is -0.117. The minimum atomic E-state index is -0.396. The molecule has 1 saturated heterocycles. The zero-order valence-corrected chi connectivity index (χ0v) is 14.4. The minimum absolute atomic E-state index is 0.0416. The highest BCUT2D eigenvalue weighted by molar-refractivity contribution is 9.10. The van der Waals surface area contributed by atoms with Crippen LogP contribution in [0, 0.1) is 0 Å². The maximum Gasteiger partial charge on any atom is 0.255 e. The number of nitrogens with zero attached hydrogens (tertiary/aromatic N) is 1. The van der Waals surface area contributed by atoms with Gasteiger partial charge in [0.05, 0.1) is 23.1 Å². The maximum atomic E-state index is 12.6. The van der Waals surface area contributed by atoms with E-state index in [1.54, 1.807) is 23.1 Å². The van der Waals surface area contributed by atoms with E-state index in [2.05, 4.69) is 15.9 Å². The van der Waals surface area contributed by atoms with Crippen LogP contribution in [0.1, 0.15) is 24.2 Å². The summed E-state index contributed by atoms with van der Waals surface area (Å²) in [5, 5.41) is 0.592. The Bertz CT molecular complexity index is 522. The van der Waals surface area contributed by atoms with E-state index >= 15 is 0 Å². The third-order valence-electron chi connectivity index (χ3n) is 3.10. The molecule has 20 heavy (non-hydrogen) atoms. The number of carbonyl (C=O) groups excluding carboxylic acids is 1. The molecule has 1 aromatic rings. The van der Waals surface area contributed by atoms with Crippen molar-refractivity contribution < 1.29 is 9.53 Å². The summed E-state index contributed by atoms with van der Waals surface area (Å²) >= 11 is 15.2. The normalized spacial score (nSPS) is 21.9. The van der Waals surface area contributed by atoms with Gasteiger partial charge in [0.25, 0.3) is 5.91 Å². The van der Waals surface area contributed by atoms with Gasteiger partial charge in [-0.05, 0) is 48.0 Å². The molecule has 0 bridgehead atoms. The molecule has 6 heteroatoms. The molecule has 0 N–H and O–H groups in total. The Kier molecular flexibility index (Phi) is 5.00. The van der Waals surface area contributed by atoms with Gasteiger partial charge in [0.15, 0.2) is 0 Å². The summed E-state index contributed by atoms with van der Waals surface area (Å²) in [6, 6.07) is 5.16. The molecule has 1 aliphatic rings. The summed E-state index contributed by atoms with van der Waals surface area (Å²) in [7, 11) is 0.